The molecule has 0 aliphatic rings. The Labute approximate surface area is 251 Å². The summed E-state index contributed by atoms with van der Waals surface area (Å²) in [6, 6.07) is 15.2. The van der Waals surface area contributed by atoms with Gasteiger partial charge in [0.25, 0.3) is 10.0 Å². The Morgan fingerprint density at radius 2 is 1.54 bits per heavy atom. The third-order valence-corrected chi connectivity index (χ3v) is 8.58. The SMILES string of the molecule is CCC(C(=O)NCC(C)C)N(Cc1ccc(F)cc1)C(=O)CN(c1cc(Cl)cc(Cl)c1)S(=O)(=O)c1ccc(C)cc1. The Morgan fingerprint density at radius 1 is 0.951 bits per heavy atom. The molecule has 0 aliphatic carbocycles. The molecule has 11 heteroatoms. The molecule has 7 nitrogen and oxygen atoms in total. The molecule has 0 spiro atoms. The van der Waals surface area contributed by atoms with Gasteiger partial charge in [0.1, 0.15) is 18.4 Å². The van der Waals surface area contributed by atoms with Gasteiger partial charge in [-0.05, 0) is 67.3 Å². The highest BCUT2D eigenvalue weighted by atomic mass is 35.5. The van der Waals surface area contributed by atoms with Crippen molar-refractivity contribution in [3.63, 3.8) is 0 Å². The van der Waals surface area contributed by atoms with Crippen LogP contribution in [-0.2, 0) is 26.2 Å². The first-order valence-electron chi connectivity index (χ1n) is 13.2. The smallest absolute Gasteiger partial charge is 0.264 e. The molecule has 0 saturated carbocycles. The van der Waals surface area contributed by atoms with Crippen LogP contribution in [0.2, 0.25) is 10.0 Å². The van der Waals surface area contributed by atoms with Crippen LogP contribution in [0.1, 0.15) is 38.3 Å². The molecule has 3 rings (SSSR count). The Hall–Kier alpha value is -3.14. The van der Waals surface area contributed by atoms with Crippen molar-refractivity contribution in [1.29, 1.82) is 0 Å². The number of halogens is 3. The van der Waals surface area contributed by atoms with Crippen LogP contribution in [0.15, 0.2) is 71.6 Å². The van der Waals surface area contributed by atoms with Crippen LogP contribution in [0.25, 0.3) is 0 Å². The number of nitrogens with zero attached hydrogens (tertiary/aromatic N) is 2. The molecule has 0 aliphatic heterocycles. The molecule has 1 unspecified atom stereocenters. The van der Waals surface area contributed by atoms with E-state index >= 15 is 0 Å². The van der Waals surface area contributed by atoms with Crippen molar-refractivity contribution in [2.24, 2.45) is 5.92 Å². The predicted molar refractivity (Wildman–Crippen MR) is 161 cm³/mol. The summed E-state index contributed by atoms with van der Waals surface area (Å²) in [5.74, 6) is -1.26. The molecule has 0 saturated heterocycles. The lowest BCUT2D eigenvalue weighted by Gasteiger charge is -2.33. The van der Waals surface area contributed by atoms with Crippen molar-refractivity contribution in [3.8, 4) is 0 Å². The van der Waals surface area contributed by atoms with Crippen molar-refractivity contribution in [2.45, 2.75) is 51.6 Å². The quantitative estimate of drug-likeness (QED) is 0.260. The highest BCUT2D eigenvalue weighted by Crippen LogP contribution is 2.30. The van der Waals surface area contributed by atoms with Crippen LogP contribution in [0.3, 0.4) is 0 Å². The second-order valence-electron chi connectivity index (χ2n) is 10.2. The molecule has 0 radical (unpaired) electrons. The number of rotatable bonds is 12. The summed E-state index contributed by atoms with van der Waals surface area (Å²) in [5, 5.41) is 3.24. The maximum Gasteiger partial charge on any atom is 0.264 e. The molecule has 3 aromatic carbocycles. The zero-order valence-corrected chi connectivity index (χ0v) is 25.7. The molecule has 41 heavy (non-hydrogen) atoms. The first-order valence-corrected chi connectivity index (χ1v) is 15.4. The molecular formula is C30H34Cl2FN3O4S. The van der Waals surface area contributed by atoms with Gasteiger partial charge in [-0.3, -0.25) is 13.9 Å². The van der Waals surface area contributed by atoms with Gasteiger partial charge < -0.3 is 10.2 Å². The number of anilines is 1. The first-order chi connectivity index (χ1) is 19.3. The average Bonchev–Trinajstić information content (AvgIpc) is 2.91. The van der Waals surface area contributed by atoms with E-state index in [0.717, 1.165) is 9.87 Å². The Balaban J connectivity index is 2.07. The van der Waals surface area contributed by atoms with Crippen molar-refractivity contribution < 1.29 is 22.4 Å². The maximum absolute atomic E-state index is 14.0. The van der Waals surface area contributed by atoms with Gasteiger partial charge >= 0.3 is 0 Å². The zero-order chi connectivity index (χ0) is 30.3. The number of carbonyl (C=O) groups excluding carboxylic acids is 2. The lowest BCUT2D eigenvalue weighted by molar-refractivity contribution is -0.140. The molecule has 0 bridgehead atoms. The van der Waals surface area contributed by atoms with Crippen LogP contribution < -0.4 is 9.62 Å². The molecule has 1 atom stereocenters. The number of hydrogen-bond acceptors (Lipinski definition) is 4. The van der Waals surface area contributed by atoms with Gasteiger partial charge in [0.2, 0.25) is 11.8 Å². The van der Waals surface area contributed by atoms with Gasteiger partial charge in [0, 0.05) is 23.1 Å². The zero-order valence-electron chi connectivity index (χ0n) is 23.4. The molecule has 0 heterocycles. The van der Waals surface area contributed by atoms with Crippen molar-refractivity contribution in [1.82, 2.24) is 10.2 Å². The number of sulfonamides is 1. The highest BCUT2D eigenvalue weighted by Gasteiger charge is 2.34. The second kappa shape index (κ2) is 14.2. The maximum atomic E-state index is 14.0. The van der Waals surface area contributed by atoms with E-state index in [2.05, 4.69) is 5.32 Å². The van der Waals surface area contributed by atoms with E-state index < -0.39 is 34.3 Å². The van der Waals surface area contributed by atoms with E-state index in [1.165, 1.54) is 59.5 Å². The molecule has 220 valence electrons. The number of aryl methyl sites for hydroxylation is 1. The van der Waals surface area contributed by atoms with E-state index in [0.29, 0.717) is 12.1 Å². The van der Waals surface area contributed by atoms with Gasteiger partial charge in [0.15, 0.2) is 0 Å². The van der Waals surface area contributed by atoms with E-state index in [-0.39, 0.29) is 45.4 Å². The van der Waals surface area contributed by atoms with E-state index in [4.69, 9.17) is 23.2 Å². The van der Waals surface area contributed by atoms with Crippen LogP contribution in [-0.4, -0.2) is 44.3 Å². The third-order valence-electron chi connectivity index (χ3n) is 6.36. The van der Waals surface area contributed by atoms with Gasteiger partial charge in [-0.2, -0.15) is 0 Å². The van der Waals surface area contributed by atoms with Crippen molar-refractivity contribution >= 4 is 50.7 Å². The predicted octanol–water partition coefficient (Wildman–Crippen LogP) is 6.22. The minimum absolute atomic E-state index is 0.0289. The number of hydrogen-bond donors (Lipinski definition) is 1. The van der Waals surface area contributed by atoms with Crippen molar-refractivity contribution in [3.05, 3.63) is 93.7 Å². The minimum atomic E-state index is -4.27. The summed E-state index contributed by atoms with van der Waals surface area (Å²) >= 11 is 12.4. The highest BCUT2D eigenvalue weighted by molar-refractivity contribution is 7.92. The summed E-state index contributed by atoms with van der Waals surface area (Å²) in [6.07, 6.45) is 0.268. The van der Waals surface area contributed by atoms with Crippen LogP contribution in [0.4, 0.5) is 10.1 Å². The summed E-state index contributed by atoms with van der Waals surface area (Å²) < 4.78 is 42.4. The van der Waals surface area contributed by atoms with E-state index in [1.54, 1.807) is 19.1 Å². The van der Waals surface area contributed by atoms with Gasteiger partial charge in [-0.25, -0.2) is 12.8 Å². The molecule has 2 amide bonds. The van der Waals surface area contributed by atoms with Gasteiger partial charge in [0.05, 0.1) is 10.6 Å². The van der Waals surface area contributed by atoms with Gasteiger partial charge in [-0.15, -0.1) is 0 Å². The first kappa shape index (κ1) is 32.4. The van der Waals surface area contributed by atoms with E-state index in [9.17, 15) is 22.4 Å². The van der Waals surface area contributed by atoms with Crippen LogP contribution in [0, 0.1) is 18.7 Å². The van der Waals surface area contributed by atoms with Gasteiger partial charge in [-0.1, -0.05) is 73.8 Å². The molecular weight excluding hydrogens is 588 g/mol. The monoisotopic (exact) mass is 621 g/mol. The van der Waals surface area contributed by atoms with Crippen molar-refractivity contribution in [2.75, 3.05) is 17.4 Å². The third kappa shape index (κ3) is 8.67. The Kier molecular flexibility index (Phi) is 11.2. The second-order valence-corrected chi connectivity index (χ2v) is 12.9. The fourth-order valence-electron chi connectivity index (χ4n) is 4.18. The lowest BCUT2D eigenvalue weighted by Crippen LogP contribution is -2.52. The number of nitrogens with one attached hydrogen (secondary N) is 1. The number of carbonyl (C=O) groups is 2. The number of amides is 2. The summed E-state index contributed by atoms with van der Waals surface area (Å²) in [5.41, 5.74) is 1.53. The fourth-order valence-corrected chi connectivity index (χ4v) is 6.09. The molecule has 0 aromatic heterocycles. The fraction of sp³-hybridized carbons (Fsp3) is 0.333. The van der Waals surface area contributed by atoms with E-state index in [1.807, 2.05) is 20.8 Å². The summed E-state index contributed by atoms with van der Waals surface area (Å²) in [6.45, 7) is 7.23. The van der Waals surface area contributed by atoms with Crippen LogP contribution >= 0.6 is 23.2 Å². The topological polar surface area (TPSA) is 86.8 Å². The minimum Gasteiger partial charge on any atom is -0.354 e. The average molecular weight is 623 g/mol. The largest absolute Gasteiger partial charge is 0.354 e. The Bertz CT molecular complexity index is 1450. The Morgan fingerprint density at radius 3 is 2.07 bits per heavy atom. The molecule has 1 N–H and O–H groups in total. The standard InChI is InChI=1S/C30H34Cl2FN3O4S/c1-5-28(30(38)34-17-20(2)3)35(18-22-8-10-25(33)11-9-22)29(37)19-36(26-15-23(31)14-24(32)16-26)41(39,40)27-12-6-21(4)7-13-27/h6-16,20,28H,5,17-19H2,1-4H3,(H,34,38). The summed E-state index contributed by atoms with van der Waals surface area (Å²) in [4.78, 5) is 28.6. The molecule has 3 aromatic rings. The van der Waals surface area contributed by atoms with Crippen LogP contribution in [0.5, 0.6) is 0 Å². The number of benzene rings is 3. The summed E-state index contributed by atoms with van der Waals surface area (Å²) in [7, 11) is -4.27. The normalized spacial score (nSPS) is 12.2. The molecule has 0 fully saturated rings. The lowest BCUT2D eigenvalue weighted by atomic mass is 10.1.